The summed E-state index contributed by atoms with van der Waals surface area (Å²) < 4.78 is 0. The van der Waals surface area contributed by atoms with Crippen LogP contribution < -0.4 is 10.6 Å². The molecular weight excluding hydrogens is 236 g/mol. The summed E-state index contributed by atoms with van der Waals surface area (Å²) in [7, 11) is 0. The zero-order valence-electron chi connectivity index (χ0n) is 9.23. The molecule has 0 aliphatic heterocycles. The van der Waals surface area contributed by atoms with E-state index in [0.29, 0.717) is 5.02 Å². The number of rotatable bonds is 5. The molecule has 0 spiro atoms. The first-order chi connectivity index (χ1) is 8.34. The zero-order valence-corrected chi connectivity index (χ0v) is 9.98. The van der Waals surface area contributed by atoms with Gasteiger partial charge in [0.25, 0.3) is 0 Å². The Kier molecular flexibility index (Phi) is 4.16. The molecule has 0 unspecified atom stereocenters. The first-order valence-corrected chi connectivity index (χ1v) is 5.73. The van der Waals surface area contributed by atoms with Crippen LogP contribution in [0, 0.1) is 0 Å². The SMILES string of the molecule is Clc1ccc(NCCNc2ccccn2)nc1. The van der Waals surface area contributed by atoms with E-state index in [9.17, 15) is 0 Å². The topological polar surface area (TPSA) is 49.8 Å². The van der Waals surface area contributed by atoms with Crippen molar-refractivity contribution >= 4 is 23.2 Å². The Morgan fingerprint density at radius 3 is 2.29 bits per heavy atom. The molecule has 0 radical (unpaired) electrons. The van der Waals surface area contributed by atoms with Crippen LogP contribution in [0.4, 0.5) is 11.6 Å². The van der Waals surface area contributed by atoms with Crippen LogP contribution >= 0.6 is 11.6 Å². The van der Waals surface area contributed by atoms with Crippen LogP contribution in [0.3, 0.4) is 0 Å². The Morgan fingerprint density at radius 2 is 1.71 bits per heavy atom. The molecule has 0 aliphatic carbocycles. The predicted octanol–water partition coefficient (Wildman–Crippen LogP) is 2.65. The normalized spacial score (nSPS) is 9.94. The Balaban J connectivity index is 1.71. The van der Waals surface area contributed by atoms with Crippen LogP contribution in [0.2, 0.25) is 5.02 Å². The van der Waals surface area contributed by atoms with Crippen LogP contribution in [0.25, 0.3) is 0 Å². The number of hydrogen-bond donors (Lipinski definition) is 2. The second-order valence-corrected chi connectivity index (χ2v) is 3.87. The fourth-order valence-corrected chi connectivity index (χ4v) is 1.44. The van der Waals surface area contributed by atoms with Crippen LogP contribution in [0.15, 0.2) is 42.7 Å². The molecule has 2 rings (SSSR count). The van der Waals surface area contributed by atoms with Gasteiger partial charge in [0, 0.05) is 25.5 Å². The average molecular weight is 249 g/mol. The highest BCUT2D eigenvalue weighted by molar-refractivity contribution is 6.30. The molecule has 0 bridgehead atoms. The van der Waals surface area contributed by atoms with E-state index < -0.39 is 0 Å². The largest absolute Gasteiger partial charge is 0.368 e. The minimum atomic E-state index is 0.641. The summed E-state index contributed by atoms with van der Waals surface area (Å²) in [6.07, 6.45) is 3.38. The molecule has 5 heteroatoms. The molecule has 0 amide bonds. The molecule has 0 aliphatic rings. The van der Waals surface area contributed by atoms with E-state index in [2.05, 4.69) is 20.6 Å². The first kappa shape index (κ1) is 11.7. The quantitative estimate of drug-likeness (QED) is 0.799. The number of nitrogens with zero attached hydrogens (tertiary/aromatic N) is 2. The minimum absolute atomic E-state index is 0.641. The van der Waals surface area contributed by atoms with Gasteiger partial charge in [-0.05, 0) is 24.3 Å². The molecule has 0 fully saturated rings. The van der Waals surface area contributed by atoms with Crippen molar-refractivity contribution in [3.05, 3.63) is 47.7 Å². The molecule has 0 saturated carbocycles. The third-order valence-corrected chi connectivity index (χ3v) is 2.35. The summed E-state index contributed by atoms with van der Waals surface area (Å²) in [6, 6.07) is 9.43. The van der Waals surface area contributed by atoms with Crippen molar-refractivity contribution in [2.45, 2.75) is 0 Å². The Hall–Kier alpha value is -1.81. The smallest absolute Gasteiger partial charge is 0.126 e. The molecule has 0 atom stereocenters. The number of hydrogen-bond acceptors (Lipinski definition) is 4. The third-order valence-electron chi connectivity index (χ3n) is 2.13. The van der Waals surface area contributed by atoms with Gasteiger partial charge < -0.3 is 10.6 Å². The fourth-order valence-electron chi connectivity index (χ4n) is 1.33. The molecule has 88 valence electrons. The molecule has 4 nitrogen and oxygen atoms in total. The highest BCUT2D eigenvalue weighted by Crippen LogP contribution is 2.08. The molecule has 2 aromatic rings. The maximum Gasteiger partial charge on any atom is 0.126 e. The highest BCUT2D eigenvalue weighted by Gasteiger charge is 1.94. The zero-order chi connectivity index (χ0) is 11.9. The van der Waals surface area contributed by atoms with Crippen LogP contribution in [-0.2, 0) is 0 Å². The average Bonchev–Trinajstić information content (AvgIpc) is 2.38. The van der Waals surface area contributed by atoms with Crippen molar-refractivity contribution in [1.82, 2.24) is 9.97 Å². The predicted molar refractivity (Wildman–Crippen MR) is 70.5 cm³/mol. The summed E-state index contributed by atoms with van der Waals surface area (Å²) >= 11 is 5.74. The van der Waals surface area contributed by atoms with Crippen LogP contribution in [0.5, 0.6) is 0 Å². The van der Waals surface area contributed by atoms with E-state index in [0.717, 1.165) is 24.7 Å². The minimum Gasteiger partial charge on any atom is -0.368 e. The summed E-state index contributed by atoms with van der Waals surface area (Å²) in [5, 5.41) is 7.02. The maximum absolute atomic E-state index is 5.74. The van der Waals surface area contributed by atoms with Gasteiger partial charge in [-0.3, -0.25) is 0 Å². The van der Waals surface area contributed by atoms with E-state index in [1.54, 1.807) is 12.4 Å². The van der Waals surface area contributed by atoms with Crippen molar-refractivity contribution in [1.29, 1.82) is 0 Å². The van der Waals surface area contributed by atoms with Gasteiger partial charge in [-0.1, -0.05) is 17.7 Å². The molecule has 17 heavy (non-hydrogen) atoms. The van der Waals surface area contributed by atoms with E-state index >= 15 is 0 Å². The summed E-state index contributed by atoms with van der Waals surface area (Å²) in [5.41, 5.74) is 0. The van der Waals surface area contributed by atoms with Crippen molar-refractivity contribution in [2.24, 2.45) is 0 Å². The third kappa shape index (κ3) is 3.92. The lowest BCUT2D eigenvalue weighted by molar-refractivity contribution is 1.04. The maximum atomic E-state index is 5.74. The second kappa shape index (κ2) is 6.06. The number of halogens is 1. The number of aromatic nitrogens is 2. The molecule has 0 saturated heterocycles. The van der Waals surface area contributed by atoms with Crippen molar-refractivity contribution in [3.8, 4) is 0 Å². The lowest BCUT2D eigenvalue weighted by atomic mass is 10.4. The van der Waals surface area contributed by atoms with E-state index in [4.69, 9.17) is 11.6 Å². The summed E-state index contributed by atoms with van der Waals surface area (Å²) in [5.74, 6) is 1.69. The van der Waals surface area contributed by atoms with Gasteiger partial charge >= 0.3 is 0 Å². The highest BCUT2D eigenvalue weighted by atomic mass is 35.5. The van der Waals surface area contributed by atoms with Crippen molar-refractivity contribution in [3.63, 3.8) is 0 Å². The van der Waals surface area contributed by atoms with Gasteiger partial charge in [0.1, 0.15) is 11.6 Å². The fraction of sp³-hybridized carbons (Fsp3) is 0.167. The van der Waals surface area contributed by atoms with Gasteiger partial charge in [0.05, 0.1) is 5.02 Å². The summed E-state index contributed by atoms with van der Waals surface area (Å²) in [6.45, 7) is 1.55. The summed E-state index contributed by atoms with van der Waals surface area (Å²) in [4.78, 5) is 8.30. The van der Waals surface area contributed by atoms with Crippen LogP contribution in [-0.4, -0.2) is 23.1 Å². The Labute approximate surface area is 105 Å². The standard InChI is InChI=1S/C12H13ClN4/c13-10-4-5-12(17-9-10)16-8-7-15-11-3-1-2-6-14-11/h1-6,9H,7-8H2,(H,14,15)(H,16,17). The monoisotopic (exact) mass is 248 g/mol. The first-order valence-electron chi connectivity index (χ1n) is 5.35. The molecule has 2 aromatic heterocycles. The van der Waals surface area contributed by atoms with Gasteiger partial charge in [0.15, 0.2) is 0 Å². The van der Waals surface area contributed by atoms with Gasteiger partial charge in [-0.15, -0.1) is 0 Å². The van der Waals surface area contributed by atoms with Crippen LogP contribution in [0.1, 0.15) is 0 Å². The lowest BCUT2D eigenvalue weighted by Crippen LogP contribution is -2.14. The lowest BCUT2D eigenvalue weighted by Gasteiger charge is -2.07. The molecule has 2 N–H and O–H groups in total. The van der Waals surface area contributed by atoms with Crippen molar-refractivity contribution in [2.75, 3.05) is 23.7 Å². The van der Waals surface area contributed by atoms with E-state index in [1.807, 2.05) is 30.3 Å². The Bertz CT molecular complexity index is 444. The number of anilines is 2. The second-order valence-electron chi connectivity index (χ2n) is 3.43. The Morgan fingerprint density at radius 1 is 0.941 bits per heavy atom. The molecule has 0 aromatic carbocycles. The number of pyridine rings is 2. The van der Waals surface area contributed by atoms with Gasteiger partial charge in [0.2, 0.25) is 0 Å². The van der Waals surface area contributed by atoms with Crippen molar-refractivity contribution < 1.29 is 0 Å². The van der Waals surface area contributed by atoms with E-state index in [-0.39, 0.29) is 0 Å². The van der Waals surface area contributed by atoms with E-state index in [1.165, 1.54) is 0 Å². The van der Waals surface area contributed by atoms with Gasteiger partial charge in [-0.25, -0.2) is 9.97 Å². The molecule has 2 heterocycles. The number of nitrogens with one attached hydrogen (secondary N) is 2. The van der Waals surface area contributed by atoms with Gasteiger partial charge in [-0.2, -0.15) is 0 Å². The molecular formula is C12H13ClN4.